The van der Waals surface area contributed by atoms with Crippen LogP contribution in [0, 0.1) is 0 Å². The zero-order valence-corrected chi connectivity index (χ0v) is 16.7. The number of fused-ring (bicyclic) bond motifs is 1. The fourth-order valence-corrected chi connectivity index (χ4v) is 5.37. The van der Waals surface area contributed by atoms with E-state index in [4.69, 9.17) is 4.74 Å². The SMILES string of the molecule is COc1ccc(S(=O)(=O)N2CCN(Cc3ccccc3)CC2)c2ccccc12. The Balaban J connectivity index is 1.55. The molecule has 1 aliphatic rings. The summed E-state index contributed by atoms with van der Waals surface area (Å²) in [7, 11) is -1.96. The van der Waals surface area contributed by atoms with E-state index in [9.17, 15) is 8.42 Å². The normalized spacial score (nSPS) is 16.3. The number of methoxy groups -OCH3 is 1. The quantitative estimate of drug-likeness (QED) is 0.664. The van der Waals surface area contributed by atoms with Gasteiger partial charge < -0.3 is 4.74 Å². The van der Waals surface area contributed by atoms with Crippen LogP contribution in [0.5, 0.6) is 5.75 Å². The molecule has 1 heterocycles. The van der Waals surface area contributed by atoms with Crippen LogP contribution in [0.25, 0.3) is 10.8 Å². The van der Waals surface area contributed by atoms with Gasteiger partial charge >= 0.3 is 0 Å². The highest BCUT2D eigenvalue weighted by atomic mass is 32.2. The molecule has 6 heteroatoms. The van der Waals surface area contributed by atoms with Crippen molar-refractivity contribution in [2.45, 2.75) is 11.4 Å². The summed E-state index contributed by atoms with van der Waals surface area (Å²) in [4.78, 5) is 2.65. The highest BCUT2D eigenvalue weighted by molar-refractivity contribution is 7.89. The molecule has 0 bridgehead atoms. The van der Waals surface area contributed by atoms with Gasteiger partial charge in [0.1, 0.15) is 5.75 Å². The Kier molecular flexibility index (Phi) is 5.35. The molecule has 1 fully saturated rings. The minimum atomic E-state index is -3.56. The van der Waals surface area contributed by atoms with Gasteiger partial charge in [-0.15, -0.1) is 0 Å². The summed E-state index contributed by atoms with van der Waals surface area (Å²) in [5, 5.41) is 1.52. The molecule has 0 saturated carbocycles. The third-order valence-electron chi connectivity index (χ3n) is 5.26. The van der Waals surface area contributed by atoms with Crippen LogP contribution in [0.4, 0.5) is 0 Å². The second kappa shape index (κ2) is 7.91. The van der Waals surface area contributed by atoms with Crippen LogP contribution in [0.1, 0.15) is 5.56 Å². The predicted molar refractivity (Wildman–Crippen MR) is 111 cm³/mol. The smallest absolute Gasteiger partial charge is 0.243 e. The molecule has 0 aliphatic carbocycles. The van der Waals surface area contributed by atoms with Gasteiger partial charge in [0.2, 0.25) is 10.0 Å². The molecule has 4 rings (SSSR count). The number of nitrogens with zero attached hydrogens (tertiary/aromatic N) is 2. The zero-order chi connectivity index (χ0) is 19.6. The largest absolute Gasteiger partial charge is 0.496 e. The van der Waals surface area contributed by atoms with Crippen molar-refractivity contribution in [1.29, 1.82) is 0 Å². The number of hydrogen-bond acceptors (Lipinski definition) is 4. The fraction of sp³-hybridized carbons (Fsp3) is 0.273. The van der Waals surface area contributed by atoms with E-state index in [0.29, 0.717) is 29.1 Å². The van der Waals surface area contributed by atoms with Gasteiger partial charge in [0.05, 0.1) is 12.0 Å². The molecule has 0 radical (unpaired) electrons. The van der Waals surface area contributed by atoms with Crippen molar-refractivity contribution in [3.05, 3.63) is 72.3 Å². The van der Waals surface area contributed by atoms with Crippen molar-refractivity contribution in [3.8, 4) is 5.75 Å². The van der Waals surface area contributed by atoms with Crippen LogP contribution >= 0.6 is 0 Å². The Hall–Kier alpha value is -2.41. The standard InChI is InChI=1S/C22H24N2O3S/c1-27-21-11-12-22(20-10-6-5-9-19(20)21)28(25,26)24-15-13-23(14-16-24)17-18-7-3-2-4-8-18/h2-12H,13-17H2,1H3. The summed E-state index contributed by atoms with van der Waals surface area (Å²) in [6.07, 6.45) is 0. The lowest BCUT2D eigenvalue weighted by Gasteiger charge is -2.34. The van der Waals surface area contributed by atoms with Gasteiger partial charge in [0, 0.05) is 43.5 Å². The van der Waals surface area contributed by atoms with Crippen molar-refractivity contribution in [3.63, 3.8) is 0 Å². The van der Waals surface area contributed by atoms with E-state index in [-0.39, 0.29) is 0 Å². The number of sulfonamides is 1. The van der Waals surface area contributed by atoms with Crippen molar-refractivity contribution in [2.75, 3.05) is 33.3 Å². The average Bonchev–Trinajstić information content (AvgIpc) is 2.74. The van der Waals surface area contributed by atoms with E-state index in [2.05, 4.69) is 17.0 Å². The van der Waals surface area contributed by atoms with E-state index in [1.54, 1.807) is 23.5 Å². The Morgan fingerprint density at radius 3 is 2.14 bits per heavy atom. The second-order valence-electron chi connectivity index (χ2n) is 6.98. The molecule has 0 N–H and O–H groups in total. The molecule has 0 aromatic heterocycles. The molecule has 0 atom stereocenters. The zero-order valence-electron chi connectivity index (χ0n) is 15.9. The van der Waals surface area contributed by atoms with Gasteiger partial charge in [0.15, 0.2) is 0 Å². The number of hydrogen-bond donors (Lipinski definition) is 0. The molecule has 28 heavy (non-hydrogen) atoms. The Bertz CT molecular complexity index is 1060. The van der Waals surface area contributed by atoms with Crippen LogP contribution < -0.4 is 4.74 Å². The maximum absolute atomic E-state index is 13.3. The first-order valence-electron chi connectivity index (χ1n) is 9.42. The molecule has 0 amide bonds. The third kappa shape index (κ3) is 3.63. The molecular weight excluding hydrogens is 372 g/mol. The Morgan fingerprint density at radius 1 is 0.821 bits per heavy atom. The van der Waals surface area contributed by atoms with E-state index in [0.717, 1.165) is 25.0 Å². The maximum Gasteiger partial charge on any atom is 0.243 e. The van der Waals surface area contributed by atoms with Gasteiger partial charge in [-0.25, -0.2) is 8.42 Å². The maximum atomic E-state index is 13.3. The molecule has 3 aromatic carbocycles. The number of ether oxygens (including phenoxy) is 1. The van der Waals surface area contributed by atoms with E-state index in [1.807, 2.05) is 42.5 Å². The number of rotatable bonds is 5. The summed E-state index contributed by atoms with van der Waals surface area (Å²) < 4.78 is 33.7. The van der Waals surface area contributed by atoms with Crippen molar-refractivity contribution in [2.24, 2.45) is 0 Å². The van der Waals surface area contributed by atoms with Crippen LogP contribution in [-0.2, 0) is 16.6 Å². The van der Waals surface area contributed by atoms with Crippen molar-refractivity contribution < 1.29 is 13.2 Å². The van der Waals surface area contributed by atoms with Crippen LogP contribution in [0.15, 0.2) is 71.6 Å². The van der Waals surface area contributed by atoms with Gasteiger partial charge in [-0.3, -0.25) is 4.90 Å². The first-order chi connectivity index (χ1) is 13.6. The fourth-order valence-electron chi connectivity index (χ4n) is 3.76. The molecular formula is C22H24N2O3S. The van der Waals surface area contributed by atoms with Gasteiger partial charge in [0.25, 0.3) is 0 Å². The van der Waals surface area contributed by atoms with Crippen LogP contribution in [0.3, 0.4) is 0 Å². The molecule has 1 aliphatic heterocycles. The van der Waals surface area contributed by atoms with Gasteiger partial charge in [-0.05, 0) is 17.7 Å². The molecule has 1 saturated heterocycles. The lowest BCUT2D eigenvalue weighted by molar-refractivity contribution is 0.181. The van der Waals surface area contributed by atoms with E-state index in [1.165, 1.54) is 5.56 Å². The van der Waals surface area contributed by atoms with Crippen molar-refractivity contribution in [1.82, 2.24) is 9.21 Å². The van der Waals surface area contributed by atoms with E-state index >= 15 is 0 Å². The molecule has 0 spiro atoms. The van der Waals surface area contributed by atoms with Gasteiger partial charge in [-0.1, -0.05) is 54.6 Å². The molecule has 0 unspecified atom stereocenters. The molecule has 5 nitrogen and oxygen atoms in total. The number of piperazine rings is 1. The number of benzene rings is 3. The molecule has 3 aromatic rings. The average molecular weight is 397 g/mol. The highest BCUT2D eigenvalue weighted by Crippen LogP contribution is 2.32. The second-order valence-corrected chi connectivity index (χ2v) is 8.88. The third-order valence-corrected chi connectivity index (χ3v) is 7.22. The predicted octanol–water partition coefficient (Wildman–Crippen LogP) is 3.35. The van der Waals surface area contributed by atoms with Crippen LogP contribution in [-0.4, -0.2) is 50.9 Å². The summed E-state index contributed by atoms with van der Waals surface area (Å²) >= 11 is 0. The highest BCUT2D eigenvalue weighted by Gasteiger charge is 2.30. The first kappa shape index (κ1) is 18.9. The summed E-state index contributed by atoms with van der Waals surface area (Å²) in [6.45, 7) is 3.29. The topological polar surface area (TPSA) is 49.9 Å². The monoisotopic (exact) mass is 396 g/mol. The lowest BCUT2D eigenvalue weighted by Crippen LogP contribution is -2.48. The summed E-state index contributed by atoms with van der Waals surface area (Å²) in [5.74, 6) is 0.683. The first-order valence-corrected chi connectivity index (χ1v) is 10.9. The summed E-state index contributed by atoms with van der Waals surface area (Å²) in [6, 6.07) is 21.2. The van der Waals surface area contributed by atoms with E-state index < -0.39 is 10.0 Å². The Morgan fingerprint density at radius 2 is 1.46 bits per heavy atom. The van der Waals surface area contributed by atoms with Crippen molar-refractivity contribution >= 4 is 20.8 Å². The minimum absolute atomic E-state index is 0.348. The Labute approximate surface area is 166 Å². The lowest BCUT2D eigenvalue weighted by atomic mass is 10.1. The van der Waals surface area contributed by atoms with Crippen LogP contribution in [0.2, 0.25) is 0 Å². The van der Waals surface area contributed by atoms with Gasteiger partial charge in [-0.2, -0.15) is 4.31 Å². The minimum Gasteiger partial charge on any atom is -0.496 e. The summed E-state index contributed by atoms with van der Waals surface area (Å²) in [5.41, 5.74) is 1.25. The molecule has 146 valence electrons.